The third kappa shape index (κ3) is 2.92. The van der Waals surface area contributed by atoms with Crippen LogP contribution in [-0.4, -0.2) is 13.1 Å². The fourth-order valence-electron chi connectivity index (χ4n) is 2.96. The van der Waals surface area contributed by atoms with Crippen molar-refractivity contribution in [2.24, 2.45) is 0 Å². The number of carbonyl (C=O) groups is 1. The van der Waals surface area contributed by atoms with Gasteiger partial charge in [0.05, 0.1) is 18.7 Å². The van der Waals surface area contributed by atoms with Crippen LogP contribution in [-0.2, 0) is 11.2 Å². The quantitative estimate of drug-likeness (QED) is 0.865. The summed E-state index contributed by atoms with van der Waals surface area (Å²) in [5.74, 6) is -0.303. The highest BCUT2D eigenvalue weighted by Crippen LogP contribution is 2.32. The third-order valence-electron chi connectivity index (χ3n) is 3.99. The maximum atomic E-state index is 11.6. The molecule has 3 rings (SSSR count). The maximum Gasteiger partial charge on any atom is 0.337 e. The molecule has 1 aliphatic rings. The van der Waals surface area contributed by atoms with Crippen molar-refractivity contribution in [2.45, 2.75) is 25.3 Å². The summed E-state index contributed by atoms with van der Waals surface area (Å²) in [6, 6.07) is 16.4. The molecule has 0 amide bonds. The summed E-state index contributed by atoms with van der Waals surface area (Å²) < 4.78 is 4.77. The largest absolute Gasteiger partial charge is 0.465 e. The lowest BCUT2D eigenvalue weighted by Gasteiger charge is -2.27. The van der Waals surface area contributed by atoms with E-state index in [0.29, 0.717) is 11.6 Å². The van der Waals surface area contributed by atoms with Crippen molar-refractivity contribution in [2.75, 3.05) is 12.4 Å². The van der Waals surface area contributed by atoms with Crippen molar-refractivity contribution in [3.05, 3.63) is 65.2 Å². The molecule has 0 fully saturated rings. The summed E-state index contributed by atoms with van der Waals surface area (Å²) in [7, 11) is 1.40. The average molecular weight is 281 g/mol. The summed E-state index contributed by atoms with van der Waals surface area (Å²) in [6.45, 7) is 0. The van der Waals surface area contributed by atoms with E-state index >= 15 is 0 Å². The number of esters is 1. The summed E-state index contributed by atoms with van der Waals surface area (Å²) in [4.78, 5) is 11.6. The van der Waals surface area contributed by atoms with Gasteiger partial charge < -0.3 is 10.1 Å². The zero-order valence-electron chi connectivity index (χ0n) is 12.1. The minimum atomic E-state index is -0.303. The van der Waals surface area contributed by atoms with E-state index in [-0.39, 0.29) is 5.97 Å². The van der Waals surface area contributed by atoms with Crippen molar-refractivity contribution in [3.63, 3.8) is 0 Å². The van der Waals surface area contributed by atoms with E-state index in [1.807, 2.05) is 18.2 Å². The van der Waals surface area contributed by atoms with Gasteiger partial charge in [-0.2, -0.15) is 0 Å². The number of fused-ring (bicyclic) bond motifs is 1. The number of carbonyl (C=O) groups excluding carboxylic acids is 1. The van der Waals surface area contributed by atoms with Crippen molar-refractivity contribution in [1.29, 1.82) is 0 Å². The molecule has 21 heavy (non-hydrogen) atoms. The van der Waals surface area contributed by atoms with Crippen molar-refractivity contribution < 1.29 is 9.53 Å². The second-order valence-electron chi connectivity index (χ2n) is 5.36. The zero-order valence-corrected chi connectivity index (χ0v) is 12.1. The molecule has 0 aromatic heterocycles. The molecule has 1 N–H and O–H groups in total. The lowest BCUT2D eigenvalue weighted by molar-refractivity contribution is 0.0601. The van der Waals surface area contributed by atoms with Gasteiger partial charge in [-0.1, -0.05) is 30.3 Å². The molecule has 2 aromatic rings. The minimum Gasteiger partial charge on any atom is -0.465 e. The molecule has 2 aromatic carbocycles. The molecule has 1 atom stereocenters. The monoisotopic (exact) mass is 281 g/mol. The number of aryl methyl sites for hydroxylation is 1. The molecule has 0 radical (unpaired) electrons. The van der Waals surface area contributed by atoms with Crippen LogP contribution in [0.5, 0.6) is 0 Å². The smallest absolute Gasteiger partial charge is 0.337 e. The van der Waals surface area contributed by atoms with Crippen LogP contribution < -0.4 is 5.32 Å². The van der Waals surface area contributed by atoms with Gasteiger partial charge in [0.2, 0.25) is 0 Å². The molecule has 1 unspecified atom stereocenters. The second kappa shape index (κ2) is 6.00. The normalized spacial score (nSPS) is 16.9. The SMILES string of the molecule is COC(=O)c1cccc(NC2CCCc3ccccc32)c1. The Morgan fingerprint density at radius 2 is 2.05 bits per heavy atom. The van der Waals surface area contributed by atoms with E-state index in [4.69, 9.17) is 4.74 Å². The molecule has 0 aliphatic heterocycles. The minimum absolute atomic E-state index is 0.303. The Labute approximate surface area is 124 Å². The van der Waals surface area contributed by atoms with Gasteiger partial charge >= 0.3 is 5.97 Å². The first kappa shape index (κ1) is 13.7. The van der Waals surface area contributed by atoms with Crippen LogP contribution in [0, 0.1) is 0 Å². The van der Waals surface area contributed by atoms with E-state index in [0.717, 1.165) is 18.5 Å². The highest BCUT2D eigenvalue weighted by molar-refractivity contribution is 5.90. The maximum absolute atomic E-state index is 11.6. The van der Waals surface area contributed by atoms with Gasteiger partial charge in [-0.25, -0.2) is 4.79 Å². The van der Waals surface area contributed by atoms with Gasteiger partial charge in [0.15, 0.2) is 0 Å². The van der Waals surface area contributed by atoms with Gasteiger partial charge in [-0.3, -0.25) is 0 Å². The fourth-order valence-corrected chi connectivity index (χ4v) is 2.96. The van der Waals surface area contributed by atoms with Gasteiger partial charge in [-0.15, -0.1) is 0 Å². The van der Waals surface area contributed by atoms with Gasteiger partial charge in [0, 0.05) is 5.69 Å². The Morgan fingerprint density at radius 3 is 2.90 bits per heavy atom. The van der Waals surface area contributed by atoms with Crippen LogP contribution in [0.25, 0.3) is 0 Å². The van der Waals surface area contributed by atoms with Gasteiger partial charge in [0.1, 0.15) is 0 Å². The topological polar surface area (TPSA) is 38.3 Å². The third-order valence-corrected chi connectivity index (χ3v) is 3.99. The molecule has 108 valence electrons. The molecule has 0 saturated heterocycles. The lowest BCUT2D eigenvalue weighted by Crippen LogP contribution is -2.17. The molecule has 0 saturated carbocycles. The standard InChI is InChI=1S/C18H19NO2/c1-21-18(20)14-8-4-9-15(12-14)19-17-11-5-7-13-6-2-3-10-16(13)17/h2-4,6,8-10,12,17,19H,5,7,11H2,1H3. The van der Waals surface area contributed by atoms with E-state index in [1.54, 1.807) is 6.07 Å². The lowest BCUT2D eigenvalue weighted by atomic mass is 9.87. The Bertz CT molecular complexity index is 651. The van der Waals surface area contributed by atoms with E-state index in [9.17, 15) is 4.79 Å². The number of anilines is 1. The number of ether oxygens (including phenoxy) is 1. The predicted octanol–water partition coefficient (Wildman–Crippen LogP) is 3.96. The van der Waals surface area contributed by atoms with Crippen LogP contribution >= 0.6 is 0 Å². The number of hydrogen-bond acceptors (Lipinski definition) is 3. The molecule has 1 aliphatic carbocycles. The zero-order chi connectivity index (χ0) is 14.7. The average Bonchev–Trinajstić information content (AvgIpc) is 2.55. The molecule has 0 heterocycles. The molecule has 0 bridgehead atoms. The highest BCUT2D eigenvalue weighted by atomic mass is 16.5. The van der Waals surface area contributed by atoms with Crippen LogP contribution in [0.3, 0.4) is 0 Å². The van der Waals surface area contributed by atoms with Crippen molar-refractivity contribution in [1.82, 2.24) is 0 Å². The number of hydrogen-bond donors (Lipinski definition) is 1. The van der Waals surface area contributed by atoms with Crippen LogP contribution in [0.1, 0.15) is 40.4 Å². The molecule has 0 spiro atoms. The van der Waals surface area contributed by atoms with Crippen molar-refractivity contribution >= 4 is 11.7 Å². The summed E-state index contributed by atoms with van der Waals surface area (Å²) >= 11 is 0. The summed E-state index contributed by atoms with van der Waals surface area (Å²) in [5, 5.41) is 3.55. The van der Waals surface area contributed by atoms with E-state index in [2.05, 4.69) is 29.6 Å². The van der Waals surface area contributed by atoms with Crippen LogP contribution in [0.15, 0.2) is 48.5 Å². The Balaban J connectivity index is 1.83. The summed E-state index contributed by atoms with van der Waals surface area (Å²) in [5.41, 5.74) is 4.32. The predicted molar refractivity (Wildman–Crippen MR) is 83.5 cm³/mol. The van der Waals surface area contributed by atoms with Gasteiger partial charge in [0.25, 0.3) is 0 Å². The highest BCUT2D eigenvalue weighted by Gasteiger charge is 2.19. The number of methoxy groups -OCH3 is 1. The number of nitrogens with one attached hydrogen (secondary N) is 1. The van der Waals surface area contributed by atoms with E-state index in [1.165, 1.54) is 24.7 Å². The Hall–Kier alpha value is -2.29. The van der Waals surface area contributed by atoms with Crippen molar-refractivity contribution in [3.8, 4) is 0 Å². The first-order chi connectivity index (χ1) is 10.3. The van der Waals surface area contributed by atoms with E-state index < -0.39 is 0 Å². The number of benzene rings is 2. The Morgan fingerprint density at radius 1 is 1.19 bits per heavy atom. The van der Waals surface area contributed by atoms with Crippen LogP contribution in [0.4, 0.5) is 5.69 Å². The fraction of sp³-hybridized carbons (Fsp3) is 0.278. The number of rotatable bonds is 3. The second-order valence-corrected chi connectivity index (χ2v) is 5.36. The first-order valence-corrected chi connectivity index (χ1v) is 7.30. The molecule has 3 nitrogen and oxygen atoms in total. The molecular weight excluding hydrogens is 262 g/mol. The molecular formula is C18H19NO2. The first-order valence-electron chi connectivity index (χ1n) is 7.30. The molecule has 3 heteroatoms. The van der Waals surface area contributed by atoms with Gasteiger partial charge in [-0.05, 0) is 48.6 Å². The van der Waals surface area contributed by atoms with Crippen LogP contribution in [0.2, 0.25) is 0 Å². The summed E-state index contributed by atoms with van der Waals surface area (Å²) in [6.07, 6.45) is 3.45. The Kier molecular flexibility index (Phi) is 3.91.